The van der Waals surface area contributed by atoms with Crippen molar-refractivity contribution in [1.29, 1.82) is 0 Å². The van der Waals surface area contributed by atoms with Crippen LogP contribution in [0.4, 0.5) is 0 Å². The summed E-state index contributed by atoms with van der Waals surface area (Å²) >= 11 is 3.09. The highest BCUT2D eigenvalue weighted by Gasteiger charge is 2.24. The van der Waals surface area contributed by atoms with Crippen LogP contribution in [0, 0.1) is 11.8 Å². The van der Waals surface area contributed by atoms with E-state index < -0.39 is 10.0 Å². The van der Waals surface area contributed by atoms with E-state index in [1.54, 1.807) is 15.9 Å². The molecule has 0 saturated heterocycles. The fraction of sp³-hybridized carbons (Fsp3) is 0.667. The molecule has 1 aliphatic rings. The second-order valence-corrected chi connectivity index (χ2v) is 11.7. The third-order valence-electron chi connectivity index (χ3n) is 4.73. The maximum absolute atomic E-state index is 13.3. The summed E-state index contributed by atoms with van der Waals surface area (Å²) in [6.45, 7) is 7.03. The van der Waals surface area contributed by atoms with Crippen molar-refractivity contribution in [3.63, 3.8) is 0 Å². The Labute approximate surface area is 168 Å². The minimum absolute atomic E-state index is 0.0506. The lowest BCUT2D eigenvalue weighted by atomic mass is 9.89. The van der Waals surface area contributed by atoms with Gasteiger partial charge in [-0.25, -0.2) is 18.5 Å². The molecule has 2 N–H and O–H groups in total. The molecule has 0 fully saturated rings. The van der Waals surface area contributed by atoms with Crippen LogP contribution in [0.3, 0.4) is 0 Å². The van der Waals surface area contributed by atoms with Crippen molar-refractivity contribution >= 4 is 43.3 Å². The summed E-state index contributed by atoms with van der Waals surface area (Å²) in [5.41, 5.74) is 1.25. The van der Waals surface area contributed by atoms with Crippen molar-refractivity contribution in [3.05, 3.63) is 20.8 Å². The number of thiophene rings is 1. The van der Waals surface area contributed by atoms with Crippen molar-refractivity contribution in [2.75, 3.05) is 11.5 Å². The number of hydrogen-bond donors (Lipinski definition) is 1. The van der Waals surface area contributed by atoms with Crippen LogP contribution in [0.25, 0.3) is 10.2 Å². The Morgan fingerprint density at radius 1 is 1.41 bits per heavy atom. The topological polar surface area (TPSA) is 95.1 Å². The normalized spacial score (nSPS) is 17.6. The minimum Gasteiger partial charge on any atom is -0.287 e. The Hall–Kier alpha value is -0.900. The molecule has 1 atom stereocenters. The summed E-state index contributed by atoms with van der Waals surface area (Å²) < 4.78 is 24.0. The highest BCUT2D eigenvalue weighted by molar-refractivity contribution is 7.99. The van der Waals surface area contributed by atoms with Gasteiger partial charge in [-0.3, -0.25) is 9.36 Å². The van der Waals surface area contributed by atoms with Gasteiger partial charge in [0.1, 0.15) is 4.83 Å². The van der Waals surface area contributed by atoms with E-state index in [-0.39, 0.29) is 11.3 Å². The molecule has 150 valence electrons. The first kappa shape index (κ1) is 20.8. The Kier molecular flexibility index (Phi) is 6.34. The third-order valence-corrected chi connectivity index (χ3v) is 7.80. The molecule has 3 rings (SSSR count). The zero-order valence-corrected chi connectivity index (χ0v) is 18.5. The molecule has 0 saturated carbocycles. The Balaban J connectivity index is 1.97. The van der Waals surface area contributed by atoms with Crippen LogP contribution in [0.1, 0.15) is 44.1 Å². The van der Waals surface area contributed by atoms with Crippen molar-refractivity contribution in [1.82, 2.24) is 9.55 Å². The zero-order valence-electron chi connectivity index (χ0n) is 16.0. The highest BCUT2D eigenvalue weighted by atomic mass is 32.2. The number of sulfonamides is 1. The van der Waals surface area contributed by atoms with E-state index in [9.17, 15) is 13.2 Å². The molecular weight excluding hydrogens is 402 g/mol. The van der Waals surface area contributed by atoms with Crippen molar-refractivity contribution in [3.8, 4) is 0 Å². The number of aromatic nitrogens is 2. The van der Waals surface area contributed by atoms with Gasteiger partial charge in [-0.05, 0) is 43.1 Å². The van der Waals surface area contributed by atoms with Crippen LogP contribution in [0.5, 0.6) is 0 Å². The average molecular weight is 430 g/mol. The molecule has 27 heavy (non-hydrogen) atoms. The lowest BCUT2D eigenvalue weighted by Crippen LogP contribution is -2.26. The lowest BCUT2D eigenvalue weighted by Gasteiger charge is -2.18. The van der Waals surface area contributed by atoms with Crippen LogP contribution in [-0.2, 0) is 29.4 Å². The van der Waals surface area contributed by atoms with E-state index in [1.807, 2.05) is 0 Å². The van der Waals surface area contributed by atoms with Gasteiger partial charge in [-0.2, -0.15) is 0 Å². The smallest absolute Gasteiger partial charge is 0.263 e. The van der Waals surface area contributed by atoms with Crippen LogP contribution in [0.2, 0.25) is 0 Å². The van der Waals surface area contributed by atoms with E-state index in [4.69, 9.17) is 10.1 Å². The van der Waals surface area contributed by atoms with Crippen LogP contribution in [-0.4, -0.2) is 29.5 Å². The Morgan fingerprint density at radius 3 is 2.81 bits per heavy atom. The predicted octanol–water partition coefficient (Wildman–Crippen LogP) is 3.01. The van der Waals surface area contributed by atoms with Gasteiger partial charge < -0.3 is 0 Å². The van der Waals surface area contributed by atoms with E-state index in [0.717, 1.165) is 29.5 Å². The van der Waals surface area contributed by atoms with Gasteiger partial charge in [0.05, 0.1) is 11.1 Å². The Bertz CT molecular complexity index is 993. The molecule has 0 aromatic carbocycles. The monoisotopic (exact) mass is 429 g/mol. The number of hydrogen-bond acceptors (Lipinski definition) is 6. The van der Waals surface area contributed by atoms with Crippen molar-refractivity contribution in [2.24, 2.45) is 17.0 Å². The van der Waals surface area contributed by atoms with E-state index in [2.05, 4.69) is 20.8 Å². The van der Waals surface area contributed by atoms with E-state index >= 15 is 0 Å². The summed E-state index contributed by atoms with van der Waals surface area (Å²) in [5.74, 6) is 1.48. The maximum atomic E-state index is 13.3. The summed E-state index contributed by atoms with van der Waals surface area (Å²) in [6.07, 6.45) is 3.54. The number of fused-ring (bicyclic) bond motifs is 3. The van der Waals surface area contributed by atoms with E-state index in [1.165, 1.54) is 22.2 Å². The molecule has 2 aromatic rings. The second kappa shape index (κ2) is 8.23. The summed E-state index contributed by atoms with van der Waals surface area (Å²) in [7, 11) is -3.46. The SMILES string of the molecule is CC(C)Cn1c(SCCCS(N)(=O)=O)nc2sc3c(c2c1=O)CCC(C)C3. The molecule has 6 nitrogen and oxygen atoms in total. The minimum atomic E-state index is -3.46. The number of nitrogens with zero attached hydrogens (tertiary/aromatic N) is 2. The molecule has 0 radical (unpaired) electrons. The standard InChI is InChI=1S/C18H27N3O3S3/c1-11(2)10-21-17(22)15-13-6-5-12(3)9-14(13)26-16(15)20-18(21)25-7-4-8-27(19,23)24/h11-12H,4-10H2,1-3H3,(H2,19,23,24). The molecule has 2 aromatic heterocycles. The third kappa shape index (κ3) is 4.93. The number of aryl methyl sites for hydroxylation is 1. The van der Waals surface area contributed by atoms with Gasteiger partial charge in [0.2, 0.25) is 10.0 Å². The predicted molar refractivity (Wildman–Crippen MR) is 113 cm³/mol. The largest absolute Gasteiger partial charge is 0.287 e. The molecule has 1 unspecified atom stereocenters. The van der Waals surface area contributed by atoms with Crippen LogP contribution in [0.15, 0.2) is 9.95 Å². The van der Waals surface area contributed by atoms with Crippen molar-refractivity contribution in [2.45, 2.75) is 58.2 Å². The van der Waals surface area contributed by atoms with Crippen LogP contribution >= 0.6 is 23.1 Å². The highest BCUT2D eigenvalue weighted by Crippen LogP contribution is 2.36. The lowest BCUT2D eigenvalue weighted by molar-refractivity contribution is 0.474. The van der Waals surface area contributed by atoms with Gasteiger partial charge in [0.15, 0.2) is 5.16 Å². The molecule has 0 aliphatic heterocycles. The molecule has 2 heterocycles. The van der Waals surface area contributed by atoms with Gasteiger partial charge in [0.25, 0.3) is 5.56 Å². The molecule has 0 amide bonds. The maximum Gasteiger partial charge on any atom is 0.263 e. The molecule has 1 aliphatic carbocycles. The zero-order chi connectivity index (χ0) is 19.8. The quantitative estimate of drug-likeness (QED) is 0.415. The first-order chi connectivity index (χ1) is 12.7. The fourth-order valence-electron chi connectivity index (χ4n) is 3.46. The van der Waals surface area contributed by atoms with Gasteiger partial charge >= 0.3 is 0 Å². The first-order valence-corrected chi connectivity index (χ1v) is 12.9. The summed E-state index contributed by atoms with van der Waals surface area (Å²) in [4.78, 5) is 20.2. The van der Waals surface area contributed by atoms with Gasteiger partial charge in [-0.15, -0.1) is 11.3 Å². The first-order valence-electron chi connectivity index (χ1n) is 9.34. The van der Waals surface area contributed by atoms with Crippen molar-refractivity contribution < 1.29 is 8.42 Å². The van der Waals surface area contributed by atoms with Gasteiger partial charge in [-0.1, -0.05) is 32.5 Å². The number of thioether (sulfide) groups is 1. The molecule has 0 spiro atoms. The van der Waals surface area contributed by atoms with E-state index in [0.29, 0.717) is 35.7 Å². The van der Waals surface area contributed by atoms with Crippen LogP contribution < -0.4 is 10.7 Å². The van der Waals surface area contributed by atoms with Gasteiger partial charge in [0, 0.05) is 17.2 Å². The second-order valence-electron chi connectivity index (χ2n) is 7.80. The Morgan fingerprint density at radius 2 is 2.15 bits per heavy atom. The summed E-state index contributed by atoms with van der Waals surface area (Å²) in [6, 6.07) is 0. The molecule has 0 bridgehead atoms. The number of nitrogens with two attached hydrogens (primary N) is 1. The fourth-order valence-corrected chi connectivity index (χ4v) is 6.57. The number of rotatable bonds is 7. The summed E-state index contributed by atoms with van der Waals surface area (Å²) in [5, 5.41) is 6.56. The molecule has 9 heteroatoms. The number of primary sulfonamides is 1. The average Bonchev–Trinajstić information content (AvgIpc) is 2.90. The molecular formula is C18H27N3O3S3.